The van der Waals surface area contributed by atoms with Crippen molar-refractivity contribution in [2.45, 2.75) is 32.2 Å². The molecule has 1 aliphatic rings. The molecule has 1 heterocycles. The molecule has 4 heteroatoms. The average Bonchev–Trinajstić information content (AvgIpc) is 2.94. The molecule has 3 rings (SSSR count). The van der Waals surface area contributed by atoms with E-state index in [9.17, 15) is 0 Å². The van der Waals surface area contributed by atoms with Gasteiger partial charge >= 0.3 is 0 Å². The van der Waals surface area contributed by atoms with Gasteiger partial charge in [0.15, 0.2) is 4.77 Å². The number of aromatic nitrogens is 2. The van der Waals surface area contributed by atoms with Crippen LogP contribution in [0.3, 0.4) is 0 Å². The molecule has 17 heavy (non-hydrogen) atoms. The van der Waals surface area contributed by atoms with E-state index < -0.39 is 0 Å². The van der Waals surface area contributed by atoms with E-state index in [1.54, 1.807) is 0 Å². The zero-order valence-corrected chi connectivity index (χ0v) is 12.1. The molecule has 1 aromatic carbocycles. The molecule has 1 aliphatic carbocycles. The standard InChI is InChI=1S/C13H15BrN2S/c1-2-3-8-6-12(8)16-11-5-4-9(14)7-10(11)15-13(16)17/h4-5,7-8,12H,2-3,6H2,1H3,(H,15,17). The monoisotopic (exact) mass is 310 g/mol. The molecule has 2 nitrogen and oxygen atoms in total. The summed E-state index contributed by atoms with van der Waals surface area (Å²) in [5.41, 5.74) is 2.37. The maximum absolute atomic E-state index is 5.44. The Morgan fingerprint density at radius 2 is 2.35 bits per heavy atom. The van der Waals surface area contributed by atoms with Gasteiger partial charge in [0.1, 0.15) is 0 Å². The number of rotatable bonds is 3. The van der Waals surface area contributed by atoms with E-state index >= 15 is 0 Å². The van der Waals surface area contributed by atoms with Crippen molar-refractivity contribution in [2.24, 2.45) is 5.92 Å². The van der Waals surface area contributed by atoms with E-state index in [0.29, 0.717) is 6.04 Å². The van der Waals surface area contributed by atoms with Crippen LogP contribution >= 0.6 is 28.1 Å². The third-order valence-electron chi connectivity index (χ3n) is 3.55. The third-order valence-corrected chi connectivity index (χ3v) is 4.35. The van der Waals surface area contributed by atoms with Crippen molar-refractivity contribution in [2.75, 3.05) is 0 Å². The van der Waals surface area contributed by atoms with Gasteiger partial charge < -0.3 is 9.55 Å². The molecule has 1 N–H and O–H groups in total. The van der Waals surface area contributed by atoms with E-state index in [-0.39, 0.29) is 0 Å². The molecule has 2 unspecified atom stereocenters. The minimum atomic E-state index is 0.623. The number of halogens is 1. The molecule has 0 aliphatic heterocycles. The van der Waals surface area contributed by atoms with Crippen molar-refractivity contribution in [3.8, 4) is 0 Å². The normalized spacial score (nSPS) is 23.2. The number of hydrogen-bond donors (Lipinski definition) is 1. The minimum absolute atomic E-state index is 0.623. The van der Waals surface area contributed by atoms with Crippen molar-refractivity contribution < 1.29 is 0 Å². The second kappa shape index (κ2) is 4.25. The lowest BCUT2D eigenvalue weighted by Gasteiger charge is -2.03. The summed E-state index contributed by atoms with van der Waals surface area (Å²) in [4.78, 5) is 3.30. The first kappa shape index (κ1) is 11.5. The molecule has 0 bridgehead atoms. The smallest absolute Gasteiger partial charge is 0.178 e. The first-order chi connectivity index (χ1) is 8.20. The molecule has 0 radical (unpaired) electrons. The minimum Gasteiger partial charge on any atom is -0.331 e. The van der Waals surface area contributed by atoms with Crippen LogP contribution < -0.4 is 0 Å². The van der Waals surface area contributed by atoms with Crippen LogP contribution in [0, 0.1) is 10.7 Å². The molecule has 0 amide bonds. The molecule has 90 valence electrons. The van der Waals surface area contributed by atoms with Gasteiger partial charge in [-0.05, 0) is 49.2 Å². The summed E-state index contributed by atoms with van der Waals surface area (Å²) >= 11 is 8.93. The number of fused-ring (bicyclic) bond motifs is 1. The van der Waals surface area contributed by atoms with E-state index in [4.69, 9.17) is 12.2 Å². The van der Waals surface area contributed by atoms with Crippen molar-refractivity contribution in [1.29, 1.82) is 0 Å². The topological polar surface area (TPSA) is 20.7 Å². The first-order valence-corrected chi connectivity index (χ1v) is 7.30. The van der Waals surface area contributed by atoms with Gasteiger partial charge in [-0.3, -0.25) is 0 Å². The Kier molecular flexibility index (Phi) is 2.87. The fourth-order valence-corrected chi connectivity index (χ4v) is 3.37. The Morgan fingerprint density at radius 3 is 3.12 bits per heavy atom. The van der Waals surface area contributed by atoms with Crippen molar-refractivity contribution in [1.82, 2.24) is 9.55 Å². The molecule has 1 saturated carbocycles. The van der Waals surface area contributed by atoms with Gasteiger partial charge in [-0.25, -0.2) is 0 Å². The zero-order chi connectivity index (χ0) is 12.0. The van der Waals surface area contributed by atoms with Crippen molar-refractivity contribution >= 4 is 39.2 Å². The van der Waals surface area contributed by atoms with Crippen LogP contribution in [0.1, 0.15) is 32.2 Å². The van der Waals surface area contributed by atoms with Gasteiger partial charge in [0, 0.05) is 10.5 Å². The van der Waals surface area contributed by atoms with Gasteiger partial charge in [0.2, 0.25) is 0 Å². The fourth-order valence-electron chi connectivity index (χ4n) is 2.66. The Balaban J connectivity index is 2.05. The Bertz CT molecular complexity index is 613. The molecular weight excluding hydrogens is 296 g/mol. The highest BCUT2D eigenvalue weighted by molar-refractivity contribution is 9.10. The summed E-state index contributed by atoms with van der Waals surface area (Å²) in [5, 5.41) is 0. The summed E-state index contributed by atoms with van der Waals surface area (Å²) in [5.74, 6) is 0.828. The summed E-state index contributed by atoms with van der Waals surface area (Å²) in [7, 11) is 0. The van der Waals surface area contributed by atoms with E-state index in [1.165, 1.54) is 24.8 Å². The molecule has 2 aromatic rings. The maximum atomic E-state index is 5.44. The lowest BCUT2D eigenvalue weighted by molar-refractivity contribution is 0.613. The maximum Gasteiger partial charge on any atom is 0.178 e. The Morgan fingerprint density at radius 1 is 1.53 bits per heavy atom. The third kappa shape index (κ3) is 1.97. The lowest BCUT2D eigenvalue weighted by atomic mass is 10.2. The first-order valence-electron chi connectivity index (χ1n) is 6.10. The van der Waals surface area contributed by atoms with Crippen LogP contribution in [0.15, 0.2) is 22.7 Å². The van der Waals surface area contributed by atoms with Crippen LogP contribution in [-0.2, 0) is 0 Å². The summed E-state index contributed by atoms with van der Waals surface area (Å²) in [6.45, 7) is 2.25. The molecule has 1 aromatic heterocycles. The highest BCUT2D eigenvalue weighted by Crippen LogP contribution is 2.47. The van der Waals surface area contributed by atoms with Crippen LogP contribution in [-0.4, -0.2) is 9.55 Å². The SMILES string of the molecule is CCCC1CC1n1c(=S)[nH]c2cc(Br)ccc21. The van der Waals surface area contributed by atoms with Crippen molar-refractivity contribution in [3.63, 3.8) is 0 Å². The van der Waals surface area contributed by atoms with Gasteiger partial charge in [0.25, 0.3) is 0 Å². The number of nitrogens with one attached hydrogen (secondary N) is 1. The van der Waals surface area contributed by atoms with Crippen LogP contribution in [0.2, 0.25) is 0 Å². The number of hydrogen-bond acceptors (Lipinski definition) is 1. The van der Waals surface area contributed by atoms with Gasteiger partial charge in [-0.2, -0.15) is 0 Å². The lowest BCUT2D eigenvalue weighted by Crippen LogP contribution is -1.96. The molecular formula is C13H15BrN2S. The summed E-state index contributed by atoms with van der Waals surface area (Å²) < 4.78 is 4.26. The predicted molar refractivity (Wildman–Crippen MR) is 76.9 cm³/mol. The Hall–Kier alpha value is -0.610. The summed E-state index contributed by atoms with van der Waals surface area (Å²) in [6, 6.07) is 6.95. The number of nitrogens with zero attached hydrogens (tertiary/aromatic N) is 1. The van der Waals surface area contributed by atoms with Crippen LogP contribution in [0.5, 0.6) is 0 Å². The van der Waals surface area contributed by atoms with E-state index in [2.05, 4.69) is 50.6 Å². The van der Waals surface area contributed by atoms with Crippen LogP contribution in [0.25, 0.3) is 11.0 Å². The number of imidazole rings is 1. The molecule has 2 atom stereocenters. The fraction of sp³-hybridized carbons (Fsp3) is 0.462. The van der Waals surface area contributed by atoms with Gasteiger partial charge in [0.05, 0.1) is 11.0 Å². The number of benzene rings is 1. The Labute approximate surface area is 114 Å². The molecule has 1 fully saturated rings. The second-order valence-electron chi connectivity index (χ2n) is 4.81. The number of H-pyrrole nitrogens is 1. The van der Waals surface area contributed by atoms with Crippen molar-refractivity contribution in [3.05, 3.63) is 27.4 Å². The van der Waals surface area contributed by atoms with E-state index in [1.807, 2.05) is 0 Å². The quantitative estimate of drug-likeness (QED) is 0.806. The highest BCUT2D eigenvalue weighted by atomic mass is 79.9. The molecule has 0 saturated heterocycles. The van der Waals surface area contributed by atoms with Gasteiger partial charge in [-0.1, -0.05) is 29.3 Å². The van der Waals surface area contributed by atoms with Crippen LogP contribution in [0.4, 0.5) is 0 Å². The molecule has 0 spiro atoms. The zero-order valence-electron chi connectivity index (χ0n) is 9.74. The van der Waals surface area contributed by atoms with E-state index in [0.717, 1.165) is 20.7 Å². The second-order valence-corrected chi connectivity index (χ2v) is 6.12. The largest absolute Gasteiger partial charge is 0.331 e. The summed E-state index contributed by atoms with van der Waals surface area (Å²) in [6.07, 6.45) is 3.86. The average molecular weight is 311 g/mol. The predicted octanol–water partition coefficient (Wildman–Crippen LogP) is 4.82. The number of aromatic amines is 1. The van der Waals surface area contributed by atoms with Gasteiger partial charge in [-0.15, -0.1) is 0 Å². The highest BCUT2D eigenvalue weighted by Gasteiger charge is 2.38.